The Morgan fingerprint density at radius 2 is 2.12 bits per heavy atom. The van der Waals surface area contributed by atoms with Crippen molar-refractivity contribution in [3.05, 3.63) is 53.1 Å². The first-order chi connectivity index (χ1) is 15.8. The van der Waals surface area contributed by atoms with Crippen LogP contribution < -0.4 is 10.1 Å². The highest BCUT2D eigenvalue weighted by Gasteiger charge is 2.30. The lowest BCUT2D eigenvalue weighted by Gasteiger charge is -2.30. The van der Waals surface area contributed by atoms with E-state index in [0.29, 0.717) is 35.0 Å². The minimum atomic E-state index is -0.153. The van der Waals surface area contributed by atoms with Gasteiger partial charge in [0, 0.05) is 29.3 Å². The Morgan fingerprint density at radius 1 is 1.30 bits per heavy atom. The van der Waals surface area contributed by atoms with Crippen molar-refractivity contribution in [2.75, 3.05) is 6.61 Å². The number of rotatable bonds is 8. The molecule has 0 saturated heterocycles. The second-order valence-electron chi connectivity index (χ2n) is 9.38. The van der Waals surface area contributed by atoms with E-state index in [9.17, 15) is 10.4 Å². The molecule has 0 bridgehead atoms. The summed E-state index contributed by atoms with van der Waals surface area (Å²) < 4.78 is 11.3. The van der Waals surface area contributed by atoms with Crippen LogP contribution in [0.25, 0.3) is 22.8 Å². The van der Waals surface area contributed by atoms with Crippen molar-refractivity contribution in [3.8, 4) is 34.7 Å². The van der Waals surface area contributed by atoms with Gasteiger partial charge in [-0.05, 0) is 76.3 Å². The number of fused-ring (bicyclic) bond motifs is 1. The van der Waals surface area contributed by atoms with Crippen molar-refractivity contribution in [2.24, 2.45) is 0 Å². The smallest absolute Gasteiger partial charge is 0.258 e. The molecule has 0 unspecified atom stereocenters. The molecule has 0 fully saturated rings. The summed E-state index contributed by atoms with van der Waals surface area (Å²) in [5, 5.41) is 26.8. The van der Waals surface area contributed by atoms with Gasteiger partial charge in [-0.15, -0.1) is 0 Å². The maximum absolute atomic E-state index is 9.51. The lowest BCUT2D eigenvalue weighted by molar-refractivity contribution is 0.218. The first-order valence-electron chi connectivity index (χ1n) is 11.4. The average Bonchev–Trinajstić information content (AvgIpc) is 3.41. The summed E-state index contributed by atoms with van der Waals surface area (Å²) in [7, 11) is 0. The van der Waals surface area contributed by atoms with E-state index in [1.807, 2.05) is 32.0 Å². The van der Waals surface area contributed by atoms with Gasteiger partial charge in [0.15, 0.2) is 0 Å². The van der Waals surface area contributed by atoms with Gasteiger partial charge in [-0.1, -0.05) is 23.4 Å². The van der Waals surface area contributed by atoms with Crippen molar-refractivity contribution in [1.29, 1.82) is 5.26 Å². The second kappa shape index (κ2) is 9.34. The van der Waals surface area contributed by atoms with E-state index in [2.05, 4.69) is 41.4 Å². The zero-order chi connectivity index (χ0) is 23.6. The standard InChI is InChI=1S/C26H30N4O3/c1-16(2)32-23-11-8-17(14-18(23)15-27)25-28-24(30-33-25)21-7-5-6-20-19(21)9-10-22(20)29-26(3,4)12-13-31/h5-8,11,14,16,22,29,31H,9-10,12-13H2,1-4H3/t22-/m0/s1. The van der Waals surface area contributed by atoms with Gasteiger partial charge in [-0.2, -0.15) is 10.2 Å². The molecule has 1 atom stereocenters. The summed E-state index contributed by atoms with van der Waals surface area (Å²) in [6, 6.07) is 13.9. The summed E-state index contributed by atoms with van der Waals surface area (Å²) in [5.74, 6) is 1.45. The van der Waals surface area contributed by atoms with Gasteiger partial charge < -0.3 is 19.7 Å². The molecule has 0 aliphatic heterocycles. The summed E-state index contributed by atoms with van der Waals surface area (Å²) in [6.07, 6.45) is 2.57. The quantitative estimate of drug-likeness (QED) is 0.512. The first kappa shape index (κ1) is 23.0. The molecule has 3 aromatic rings. The topological polar surface area (TPSA) is 104 Å². The Bertz CT molecular complexity index is 1180. The van der Waals surface area contributed by atoms with Crippen LogP contribution in [0.15, 0.2) is 40.9 Å². The molecule has 33 heavy (non-hydrogen) atoms. The number of aliphatic hydroxyl groups excluding tert-OH is 1. The van der Waals surface area contributed by atoms with Crippen LogP contribution in [0.4, 0.5) is 0 Å². The molecule has 0 spiro atoms. The average molecular weight is 447 g/mol. The van der Waals surface area contributed by atoms with Crippen molar-refractivity contribution in [3.63, 3.8) is 0 Å². The summed E-state index contributed by atoms with van der Waals surface area (Å²) in [4.78, 5) is 4.64. The minimum Gasteiger partial charge on any atom is -0.490 e. The zero-order valence-electron chi connectivity index (χ0n) is 19.6. The Hall–Kier alpha value is -3.21. The maximum atomic E-state index is 9.51. The van der Waals surface area contributed by atoms with Crippen LogP contribution in [-0.4, -0.2) is 33.5 Å². The highest BCUT2D eigenvalue weighted by atomic mass is 16.5. The molecular weight excluding hydrogens is 416 g/mol. The summed E-state index contributed by atoms with van der Waals surface area (Å²) in [5.41, 5.74) is 4.39. The maximum Gasteiger partial charge on any atom is 0.258 e. The molecule has 2 aromatic carbocycles. The molecule has 172 valence electrons. The number of benzene rings is 2. The SMILES string of the molecule is CC(C)Oc1ccc(-c2nc(-c3cccc4c3CC[C@@H]4NC(C)(C)CCO)no2)cc1C#N. The van der Waals surface area contributed by atoms with E-state index in [4.69, 9.17) is 9.26 Å². The van der Waals surface area contributed by atoms with Crippen molar-refractivity contribution >= 4 is 0 Å². The predicted molar refractivity (Wildman–Crippen MR) is 126 cm³/mol. The molecular formula is C26H30N4O3. The van der Waals surface area contributed by atoms with Gasteiger partial charge in [0.2, 0.25) is 5.82 Å². The third kappa shape index (κ3) is 4.92. The number of hydrogen-bond acceptors (Lipinski definition) is 7. The number of nitrogens with one attached hydrogen (secondary N) is 1. The van der Waals surface area contributed by atoms with E-state index < -0.39 is 0 Å². The van der Waals surface area contributed by atoms with E-state index in [-0.39, 0.29) is 24.3 Å². The Labute approximate surface area is 194 Å². The van der Waals surface area contributed by atoms with Gasteiger partial charge in [0.25, 0.3) is 5.89 Å². The van der Waals surface area contributed by atoms with Crippen molar-refractivity contribution in [2.45, 2.75) is 64.6 Å². The second-order valence-corrected chi connectivity index (χ2v) is 9.38. The molecule has 1 aromatic heterocycles. The Kier molecular flexibility index (Phi) is 6.50. The van der Waals surface area contributed by atoms with Gasteiger partial charge in [0.05, 0.1) is 11.7 Å². The fraction of sp³-hybridized carbons (Fsp3) is 0.423. The van der Waals surface area contributed by atoms with Crippen molar-refractivity contribution < 1.29 is 14.4 Å². The van der Waals surface area contributed by atoms with Crippen LogP contribution in [0, 0.1) is 11.3 Å². The van der Waals surface area contributed by atoms with Crippen LogP contribution in [0.2, 0.25) is 0 Å². The highest BCUT2D eigenvalue weighted by Crippen LogP contribution is 2.38. The number of aromatic nitrogens is 2. The van der Waals surface area contributed by atoms with Crippen LogP contribution in [0.1, 0.15) is 63.3 Å². The molecule has 7 heteroatoms. The third-order valence-electron chi connectivity index (χ3n) is 5.95. The van der Waals surface area contributed by atoms with Crippen LogP contribution in [0.3, 0.4) is 0 Å². The fourth-order valence-electron chi connectivity index (χ4n) is 4.39. The third-order valence-corrected chi connectivity index (χ3v) is 5.95. The van der Waals surface area contributed by atoms with Gasteiger partial charge in [-0.3, -0.25) is 0 Å². The van der Waals surface area contributed by atoms with Crippen LogP contribution in [-0.2, 0) is 6.42 Å². The number of ether oxygens (including phenoxy) is 1. The molecule has 1 aliphatic rings. The molecule has 0 radical (unpaired) electrons. The zero-order valence-corrected chi connectivity index (χ0v) is 19.6. The van der Waals surface area contributed by atoms with Gasteiger partial charge in [0.1, 0.15) is 11.8 Å². The predicted octanol–water partition coefficient (Wildman–Crippen LogP) is 4.80. The van der Waals surface area contributed by atoms with Crippen LogP contribution >= 0.6 is 0 Å². The molecule has 7 nitrogen and oxygen atoms in total. The molecule has 2 N–H and O–H groups in total. The summed E-state index contributed by atoms with van der Waals surface area (Å²) >= 11 is 0. The van der Waals surface area contributed by atoms with E-state index in [1.165, 1.54) is 11.1 Å². The first-order valence-corrected chi connectivity index (χ1v) is 11.4. The van der Waals surface area contributed by atoms with E-state index >= 15 is 0 Å². The molecule has 0 saturated carbocycles. The number of hydrogen-bond donors (Lipinski definition) is 2. The lowest BCUT2D eigenvalue weighted by atomic mass is 9.97. The fourth-order valence-corrected chi connectivity index (χ4v) is 4.39. The lowest BCUT2D eigenvalue weighted by Crippen LogP contribution is -2.41. The number of nitrogens with zero attached hydrogens (tertiary/aromatic N) is 3. The number of nitriles is 1. The monoisotopic (exact) mass is 446 g/mol. The Morgan fingerprint density at radius 3 is 2.85 bits per heavy atom. The van der Waals surface area contributed by atoms with E-state index in [0.717, 1.165) is 18.4 Å². The van der Waals surface area contributed by atoms with E-state index in [1.54, 1.807) is 12.1 Å². The van der Waals surface area contributed by atoms with Crippen molar-refractivity contribution in [1.82, 2.24) is 15.5 Å². The number of aliphatic hydroxyl groups is 1. The van der Waals surface area contributed by atoms with Crippen LogP contribution in [0.5, 0.6) is 5.75 Å². The molecule has 1 aliphatic carbocycles. The molecule has 1 heterocycles. The highest BCUT2D eigenvalue weighted by molar-refractivity contribution is 5.67. The Balaban J connectivity index is 1.61. The van der Waals surface area contributed by atoms with Gasteiger partial charge >= 0.3 is 0 Å². The normalized spacial score (nSPS) is 15.5. The minimum absolute atomic E-state index is 0.0225. The molecule has 4 rings (SSSR count). The molecule has 0 amide bonds. The summed E-state index contributed by atoms with van der Waals surface area (Å²) in [6.45, 7) is 8.23. The largest absolute Gasteiger partial charge is 0.490 e. The van der Waals surface area contributed by atoms with Gasteiger partial charge in [-0.25, -0.2) is 0 Å².